The first-order chi connectivity index (χ1) is 13.2. The van der Waals surface area contributed by atoms with Gasteiger partial charge in [-0.2, -0.15) is 5.10 Å². The summed E-state index contributed by atoms with van der Waals surface area (Å²) in [7, 11) is 0. The first-order valence-electron chi connectivity index (χ1n) is 8.89. The number of benzene rings is 1. The van der Waals surface area contributed by atoms with Gasteiger partial charge in [-0.15, -0.1) is 5.10 Å². The highest BCUT2D eigenvalue weighted by molar-refractivity contribution is 7.16. The summed E-state index contributed by atoms with van der Waals surface area (Å²) in [5.41, 5.74) is 2.29. The van der Waals surface area contributed by atoms with E-state index in [-0.39, 0.29) is 17.7 Å². The number of H-pyrrole nitrogens is 1. The number of aromatic hydroxyl groups is 1. The Balaban J connectivity index is 1.36. The predicted octanol–water partition coefficient (Wildman–Crippen LogP) is 2.77. The van der Waals surface area contributed by atoms with E-state index < -0.39 is 12.3 Å². The molecule has 3 N–H and O–H groups in total. The van der Waals surface area contributed by atoms with Crippen LogP contribution in [-0.4, -0.2) is 50.4 Å². The van der Waals surface area contributed by atoms with Crippen LogP contribution in [0.4, 0.5) is 4.39 Å². The van der Waals surface area contributed by atoms with Gasteiger partial charge in [-0.1, -0.05) is 22.5 Å². The minimum Gasteiger partial charge on any atom is -0.507 e. The fraction of sp³-hybridized carbons (Fsp3) is 0.389. The molecule has 2 bridgehead atoms. The Bertz CT molecular complexity index is 937. The van der Waals surface area contributed by atoms with Crippen LogP contribution in [0.25, 0.3) is 21.7 Å². The van der Waals surface area contributed by atoms with Crippen LogP contribution in [0, 0.1) is 5.92 Å². The number of phenols is 1. The van der Waals surface area contributed by atoms with Crippen LogP contribution >= 0.6 is 11.3 Å². The molecule has 9 heteroatoms. The molecule has 0 radical (unpaired) electrons. The van der Waals surface area contributed by atoms with E-state index in [0.717, 1.165) is 30.5 Å². The zero-order chi connectivity index (χ0) is 18.4. The molecule has 2 aliphatic heterocycles. The molecule has 1 aromatic carbocycles. The molecule has 4 atom stereocenters. The van der Waals surface area contributed by atoms with Crippen molar-refractivity contribution in [3.8, 4) is 32.6 Å². The van der Waals surface area contributed by atoms with Gasteiger partial charge < -0.3 is 15.2 Å². The van der Waals surface area contributed by atoms with Crippen LogP contribution in [-0.2, 0) is 0 Å². The van der Waals surface area contributed by atoms with E-state index in [2.05, 4.69) is 25.7 Å². The van der Waals surface area contributed by atoms with Crippen molar-refractivity contribution in [2.75, 3.05) is 6.54 Å². The van der Waals surface area contributed by atoms with Crippen molar-refractivity contribution in [1.82, 2.24) is 25.7 Å². The van der Waals surface area contributed by atoms with E-state index in [1.165, 1.54) is 11.3 Å². The first kappa shape index (κ1) is 16.6. The molecule has 3 aromatic rings. The number of rotatable bonds is 4. The Hall–Kier alpha value is -2.52. The van der Waals surface area contributed by atoms with Crippen molar-refractivity contribution in [3.63, 3.8) is 0 Å². The lowest BCUT2D eigenvalue weighted by molar-refractivity contribution is -0.0331. The zero-order valence-electron chi connectivity index (χ0n) is 14.3. The molecule has 2 saturated heterocycles. The molecule has 3 aliphatic rings. The highest BCUT2D eigenvalue weighted by atomic mass is 32.1. The minimum absolute atomic E-state index is 0.0979. The topological polar surface area (TPSA) is 96.0 Å². The number of aromatic amines is 1. The largest absolute Gasteiger partial charge is 0.507 e. The molecule has 6 rings (SSSR count). The van der Waals surface area contributed by atoms with Gasteiger partial charge >= 0.3 is 0 Å². The highest BCUT2D eigenvalue weighted by Gasteiger charge is 2.46. The van der Waals surface area contributed by atoms with Gasteiger partial charge in [0.05, 0.1) is 11.8 Å². The fourth-order valence-corrected chi connectivity index (χ4v) is 4.66. The number of ether oxygens (including phenoxy) is 1. The third-order valence-corrected chi connectivity index (χ3v) is 6.20. The third kappa shape index (κ3) is 2.96. The van der Waals surface area contributed by atoms with Crippen LogP contribution < -0.4 is 10.1 Å². The van der Waals surface area contributed by atoms with Gasteiger partial charge in [-0.05, 0) is 30.5 Å². The zero-order valence-corrected chi connectivity index (χ0v) is 15.1. The number of hydrogen-bond acceptors (Lipinski definition) is 7. The monoisotopic (exact) mass is 387 g/mol. The SMILES string of the molecule is Oc1cc(-c2cn[nH]c2)ccc1-c1nnc(O[C@@H]2C3CCC(NC3)C2F)s1. The summed E-state index contributed by atoms with van der Waals surface area (Å²) >= 11 is 1.22. The quantitative estimate of drug-likeness (QED) is 0.637. The van der Waals surface area contributed by atoms with E-state index >= 15 is 0 Å². The van der Waals surface area contributed by atoms with Crippen molar-refractivity contribution in [1.29, 1.82) is 0 Å². The van der Waals surface area contributed by atoms with Gasteiger partial charge in [-0.3, -0.25) is 5.10 Å². The molecule has 4 heterocycles. The van der Waals surface area contributed by atoms with E-state index in [4.69, 9.17) is 4.74 Å². The molecule has 1 aliphatic carbocycles. The Morgan fingerprint density at radius 3 is 2.85 bits per heavy atom. The molecule has 1 saturated carbocycles. The average Bonchev–Trinajstić information content (AvgIpc) is 3.37. The average molecular weight is 387 g/mol. The first-order valence-corrected chi connectivity index (χ1v) is 9.71. The van der Waals surface area contributed by atoms with Crippen molar-refractivity contribution in [2.24, 2.45) is 5.92 Å². The second-order valence-electron chi connectivity index (χ2n) is 6.97. The normalized spacial score (nSPS) is 27.0. The lowest BCUT2D eigenvalue weighted by Gasteiger charge is -2.44. The molecular formula is C18H18FN5O2S. The van der Waals surface area contributed by atoms with Gasteiger partial charge in [0, 0.05) is 30.3 Å². The highest BCUT2D eigenvalue weighted by Crippen LogP contribution is 2.39. The van der Waals surface area contributed by atoms with Gasteiger partial charge in [0.15, 0.2) is 11.2 Å². The molecule has 27 heavy (non-hydrogen) atoms. The van der Waals surface area contributed by atoms with Crippen LogP contribution in [0.15, 0.2) is 30.6 Å². The summed E-state index contributed by atoms with van der Waals surface area (Å²) in [5, 5.41) is 29.3. The van der Waals surface area contributed by atoms with Gasteiger partial charge in [-0.25, -0.2) is 4.39 Å². The molecule has 7 nitrogen and oxygen atoms in total. The standard InChI is InChI=1S/C18H18FN5O2S/c19-15-13-4-2-10(6-20-13)16(15)26-18-24-23-17(27-18)12-3-1-9(5-14(12)25)11-7-21-22-8-11/h1,3,5,7-8,10,13,15-16,20,25H,2,4,6H2,(H,21,22)/t10?,13?,15?,16-/m1/s1. The fourth-order valence-electron chi connectivity index (χ4n) is 3.89. The predicted molar refractivity (Wildman–Crippen MR) is 98.4 cm³/mol. The van der Waals surface area contributed by atoms with E-state index in [1.807, 2.05) is 6.07 Å². The maximum atomic E-state index is 14.5. The number of nitrogens with one attached hydrogen (secondary N) is 2. The van der Waals surface area contributed by atoms with E-state index in [0.29, 0.717) is 15.8 Å². The molecule has 0 spiro atoms. The summed E-state index contributed by atoms with van der Waals surface area (Å²) in [6, 6.07) is 5.19. The second kappa shape index (κ2) is 6.58. The summed E-state index contributed by atoms with van der Waals surface area (Å²) in [6.07, 6.45) is 3.74. The Morgan fingerprint density at radius 2 is 2.15 bits per heavy atom. The van der Waals surface area contributed by atoms with Crippen LogP contribution in [0.5, 0.6) is 10.9 Å². The van der Waals surface area contributed by atoms with Crippen molar-refractivity contribution >= 4 is 11.3 Å². The minimum atomic E-state index is -1.03. The third-order valence-electron chi connectivity index (χ3n) is 5.36. The number of alkyl halides is 1. The van der Waals surface area contributed by atoms with Gasteiger partial charge in [0.2, 0.25) is 0 Å². The number of fused-ring (bicyclic) bond motifs is 3. The second-order valence-corrected chi connectivity index (χ2v) is 7.91. The maximum absolute atomic E-state index is 14.5. The number of nitrogens with zero attached hydrogens (tertiary/aromatic N) is 3. The molecular weight excluding hydrogens is 369 g/mol. The molecule has 140 valence electrons. The Kier molecular flexibility index (Phi) is 4.05. The molecule has 3 fully saturated rings. The smallest absolute Gasteiger partial charge is 0.294 e. The van der Waals surface area contributed by atoms with Crippen molar-refractivity contribution in [2.45, 2.75) is 31.2 Å². The van der Waals surface area contributed by atoms with E-state index in [9.17, 15) is 9.50 Å². The summed E-state index contributed by atoms with van der Waals surface area (Å²) in [6.45, 7) is 0.775. The molecule has 2 aromatic heterocycles. The van der Waals surface area contributed by atoms with Gasteiger partial charge in [0.1, 0.15) is 11.9 Å². The Morgan fingerprint density at radius 1 is 1.22 bits per heavy atom. The lowest BCUT2D eigenvalue weighted by Crippen LogP contribution is -2.61. The lowest BCUT2D eigenvalue weighted by atomic mass is 9.78. The molecule has 0 amide bonds. The summed E-state index contributed by atoms with van der Waals surface area (Å²) < 4.78 is 20.4. The number of aromatic nitrogens is 4. The van der Waals surface area contributed by atoms with Crippen molar-refractivity contribution in [3.05, 3.63) is 30.6 Å². The van der Waals surface area contributed by atoms with Crippen molar-refractivity contribution < 1.29 is 14.2 Å². The van der Waals surface area contributed by atoms with Crippen LogP contribution in [0.2, 0.25) is 0 Å². The van der Waals surface area contributed by atoms with Gasteiger partial charge in [0.25, 0.3) is 5.19 Å². The Labute approximate surface area is 158 Å². The maximum Gasteiger partial charge on any atom is 0.294 e. The van der Waals surface area contributed by atoms with Crippen LogP contribution in [0.1, 0.15) is 12.8 Å². The molecule has 3 unspecified atom stereocenters. The van der Waals surface area contributed by atoms with Crippen LogP contribution in [0.3, 0.4) is 0 Å². The number of hydrogen-bond donors (Lipinski definition) is 3. The number of halogens is 1. The number of phenolic OH excluding ortho intramolecular Hbond substituents is 1. The summed E-state index contributed by atoms with van der Waals surface area (Å²) in [4.78, 5) is 0. The van der Waals surface area contributed by atoms with E-state index in [1.54, 1.807) is 24.5 Å². The number of piperidine rings is 2. The summed E-state index contributed by atoms with van der Waals surface area (Å²) in [5.74, 6) is 0.251.